The summed E-state index contributed by atoms with van der Waals surface area (Å²) in [6.45, 7) is 12.3. The van der Waals surface area contributed by atoms with Gasteiger partial charge in [-0.1, -0.05) is 44.0 Å². The van der Waals surface area contributed by atoms with Crippen molar-refractivity contribution in [2.45, 2.75) is 6.92 Å². The van der Waals surface area contributed by atoms with Crippen molar-refractivity contribution < 1.29 is 9.53 Å². The van der Waals surface area contributed by atoms with Gasteiger partial charge in [0.15, 0.2) is 0 Å². The largest absolute Gasteiger partial charge is 0.424 e. The Bertz CT molecular complexity index is 306. The highest BCUT2D eigenvalue weighted by atomic mass is 16.5. The third kappa shape index (κ3) is 4.93. The van der Waals surface area contributed by atoms with Crippen molar-refractivity contribution in [2.75, 3.05) is 0 Å². The van der Waals surface area contributed by atoms with Gasteiger partial charge in [0.25, 0.3) is 0 Å². The van der Waals surface area contributed by atoms with E-state index in [0.717, 1.165) is 0 Å². The van der Waals surface area contributed by atoms with Crippen molar-refractivity contribution in [2.24, 2.45) is 0 Å². The molecule has 14 heavy (non-hydrogen) atoms. The number of hydrogen-bond donors (Lipinski definition) is 0. The Morgan fingerprint density at radius 2 is 1.93 bits per heavy atom. The lowest BCUT2D eigenvalue weighted by atomic mass is 10.3. The van der Waals surface area contributed by atoms with E-state index in [2.05, 4.69) is 19.7 Å². The summed E-state index contributed by atoms with van der Waals surface area (Å²) in [7, 11) is 0. The van der Waals surface area contributed by atoms with Crippen LogP contribution in [0.15, 0.2) is 61.4 Å². The van der Waals surface area contributed by atoms with Gasteiger partial charge in [0.2, 0.25) is 0 Å². The van der Waals surface area contributed by atoms with Gasteiger partial charge in [-0.3, -0.25) is 0 Å². The fraction of sp³-hybridized carbons (Fsp3) is 0.0833. The van der Waals surface area contributed by atoms with Gasteiger partial charge in [0, 0.05) is 0 Å². The Labute approximate surface area is 84.6 Å². The van der Waals surface area contributed by atoms with E-state index in [-0.39, 0.29) is 11.3 Å². The molecule has 0 saturated heterocycles. The van der Waals surface area contributed by atoms with Crippen LogP contribution in [-0.4, -0.2) is 5.97 Å². The third-order valence-electron chi connectivity index (χ3n) is 1.32. The molecule has 0 aromatic heterocycles. The summed E-state index contributed by atoms with van der Waals surface area (Å²) in [5.41, 5.74) is 0.214. The molecule has 0 unspecified atom stereocenters. The summed E-state index contributed by atoms with van der Waals surface area (Å²) >= 11 is 0. The molecule has 0 aliphatic carbocycles. The van der Waals surface area contributed by atoms with Crippen molar-refractivity contribution in [1.29, 1.82) is 0 Å². The molecule has 0 aliphatic rings. The first-order valence-corrected chi connectivity index (χ1v) is 4.13. The monoisotopic (exact) mass is 190 g/mol. The molecule has 0 heterocycles. The summed E-state index contributed by atoms with van der Waals surface area (Å²) in [6, 6.07) is 0. The zero-order chi connectivity index (χ0) is 11.0. The van der Waals surface area contributed by atoms with Crippen LogP contribution in [-0.2, 0) is 9.53 Å². The highest BCUT2D eigenvalue weighted by molar-refractivity contribution is 5.91. The SMILES string of the molecule is C=CC(=C)C(=O)OC(=C)/C=C\C=C/C. The minimum Gasteiger partial charge on any atom is -0.424 e. The first-order chi connectivity index (χ1) is 6.61. The molecule has 0 saturated carbocycles. The number of rotatable bonds is 5. The Kier molecular flexibility index (Phi) is 5.79. The molecular weight excluding hydrogens is 176 g/mol. The molecule has 0 radical (unpaired) electrons. The van der Waals surface area contributed by atoms with E-state index >= 15 is 0 Å². The molecular formula is C12H14O2. The summed E-state index contributed by atoms with van der Waals surface area (Å²) in [5, 5.41) is 0. The van der Waals surface area contributed by atoms with Crippen LogP contribution < -0.4 is 0 Å². The molecule has 0 fully saturated rings. The molecule has 0 N–H and O–H groups in total. The minimum atomic E-state index is -0.532. The van der Waals surface area contributed by atoms with E-state index in [1.54, 1.807) is 18.2 Å². The maximum atomic E-state index is 11.1. The van der Waals surface area contributed by atoms with Crippen LogP contribution in [0.25, 0.3) is 0 Å². The Morgan fingerprint density at radius 3 is 2.43 bits per heavy atom. The Balaban J connectivity index is 4.13. The summed E-state index contributed by atoms with van der Waals surface area (Å²) in [6.07, 6.45) is 8.32. The molecule has 0 amide bonds. The quantitative estimate of drug-likeness (QED) is 0.288. The van der Waals surface area contributed by atoms with Crippen LogP contribution in [0.1, 0.15) is 6.92 Å². The maximum absolute atomic E-state index is 11.1. The van der Waals surface area contributed by atoms with Gasteiger partial charge < -0.3 is 4.74 Å². The second-order valence-corrected chi connectivity index (χ2v) is 2.47. The van der Waals surface area contributed by atoms with E-state index in [0.29, 0.717) is 0 Å². The van der Waals surface area contributed by atoms with Crippen molar-refractivity contribution in [3.8, 4) is 0 Å². The molecule has 0 spiro atoms. The van der Waals surface area contributed by atoms with Crippen molar-refractivity contribution in [1.82, 2.24) is 0 Å². The van der Waals surface area contributed by atoms with Crippen LogP contribution in [0, 0.1) is 0 Å². The molecule has 2 heteroatoms. The van der Waals surface area contributed by atoms with E-state index in [9.17, 15) is 4.79 Å². The van der Waals surface area contributed by atoms with Crippen LogP contribution in [0.3, 0.4) is 0 Å². The second kappa shape index (κ2) is 6.66. The van der Waals surface area contributed by atoms with Crippen LogP contribution in [0.2, 0.25) is 0 Å². The van der Waals surface area contributed by atoms with Crippen molar-refractivity contribution in [3.05, 3.63) is 61.4 Å². The summed E-state index contributed by atoms with van der Waals surface area (Å²) < 4.78 is 4.82. The average molecular weight is 190 g/mol. The van der Waals surface area contributed by atoms with E-state index < -0.39 is 5.97 Å². The van der Waals surface area contributed by atoms with Crippen LogP contribution in [0.4, 0.5) is 0 Å². The fourth-order valence-electron chi connectivity index (χ4n) is 0.576. The minimum absolute atomic E-state index is 0.214. The number of carbonyl (C=O) groups is 1. The predicted molar refractivity (Wildman–Crippen MR) is 58.5 cm³/mol. The van der Waals surface area contributed by atoms with Crippen molar-refractivity contribution in [3.63, 3.8) is 0 Å². The number of hydrogen-bond acceptors (Lipinski definition) is 2. The van der Waals surface area contributed by atoms with E-state index in [1.165, 1.54) is 6.08 Å². The van der Waals surface area contributed by atoms with Crippen LogP contribution in [0.5, 0.6) is 0 Å². The second-order valence-electron chi connectivity index (χ2n) is 2.47. The van der Waals surface area contributed by atoms with E-state index in [4.69, 9.17) is 4.74 Å². The third-order valence-corrected chi connectivity index (χ3v) is 1.32. The molecule has 0 bridgehead atoms. The van der Waals surface area contributed by atoms with Gasteiger partial charge in [-0.2, -0.15) is 0 Å². The lowest BCUT2D eigenvalue weighted by Gasteiger charge is -2.01. The zero-order valence-corrected chi connectivity index (χ0v) is 8.32. The standard InChI is InChI=1S/C12H14O2/c1-5-7-8-9-11(4)14-12(13)10(3)6-2/h5-9H,2-4H2,1H3/b7-5-,9-8-. The Hall–Kier alpha value is -1.83. The van der Waals surface area contributed by atoms with Gasteiger partial charge in [-0.15, -0.1) is 0 Å². The molecule has 0 aromatic carbocycles. The summed E-state index contributed by atoms with van der Waals surface area (Å²) in [5.74, 6) is -0.258. The maximum Gasteiger partial charge on any atom is 0.342 e. The lowest BCUT2D eigenvalue weighted by molar-refractivity contribution is -0.134. The van der Waals surface area contributed by atoms with Gasteiger partial charge in [0.05, 0.1) is 5.57 Å². The van der Waals surface area contributed by atoms with Gasteiger partial charge >= 0.3 is 5.97 Å². The fourth-order valence-corrected chi connectivity index (χ4v) is 0.576. The highest BCUT2D eigenvalue weighted by Crippen LogP contribution is 2.02. The van der Waals surface area contributed by atoms with Gasteiger partial charge in [0.1, 0.15) is 5.76 Å². The number of allylic oxidation sites excluding steroid dienone is 4. The average Bonchev–Trinajstić information content (AvgIpc) is 2.16. The van der Waals surface area contributed by atoms with Gasteiger partial charge in [-0.25, -0.2) is 4.79 Å². The van der Waals surface area contributed by atoms with E-state index in [1.807, 2.05) is 13.0 Å². The summed E-state index contributed by atoms with van der Waals surface area (Å²) in [4.78, 5) is 11.1. The molecule has 0 aliphatic heterocycles. The smallest absolute Gasteiger partial charge is 0.342 e. The molecule has 0 rings (SSSR count). The van der Waals surface area contributed by atoms with Crippen molar-refractivity contribution >= 4 is 5.97 Å². The first-order valence-electron chi connectivity index (χ1n) is 4.13. The predicted octanol–water partition coefficient (Wildman–Crippen LogP) is 2.92. The number of esters is 1. The number of carbonyl (C=O) groups excluding carboxylic acids is 1. The highest BCUT2D eigenvalue weighted by Gasteiger charge is 2.04. The lowest BCUT2D eigenvalue weighted by Crippen LogP contribution is -2.03. The molecule has 2 nitrogen and oxygen atoms in total. The first kappa shape index (κ1) is 12.2. The Morgan fingerprint density at radius 1 is 1.29 bits per heavy atom. The number of ether oxygens (including phenoxy) is 1. The van der Waals surface area contributed by atoms with Crippen LogP contribution >= 0.6 is 0 Å². The molecule has 0 aromatic rings. The normalized spacial score (nSPS) is 10.4. The molecule has 0 atom stereocenters. The topological polar surface area (TPSA) is 26.3 Å². The van der Waals surface area contributed by atoms with Gasteiger partial charge in [-0.05, 0) is 13.0 Å². The molecule has 74 valence electrons. The zero-order valence-electron chi connectivity index (χ0n) is 8.32.